The molecule has 0 atom stereocenters. The first-order chi connectivity index (χ1) is 7.99. The highest BCUT2D eigenvalue weighted by Crippen LogP contribution is 2.30. The summed E-state index contributed by atoms with van der Waals surface area (Å²) in [6, 6.07) is 1.39. The van der Waals surface area contributed by atoms with E-state index in [0.717, 1.165) is 0 Å². The fraction of sp³-hybridized carbons (Fsp3) is 0.400. The predicted molar refractivity (Wildman–Crippen MR) is 62.2 cm³/mol. The maximum absolute atomic E-state index is 12.8. The van der Waals surface area contributed by atoms with Crippen molar-refractivity contribution in [3.05, 3.63) is 27.5 Å². The van der Waals surface area contributed by atoms with Gasteiger partial charge in [0.25, 0.3) is 6.43 Å². The molecule has 1 heterocycles. The van der Waals surface area contributed by atoms with Crippen molar-refractivity contribution < 1.29 is 18.3 Å². The van der Waals surface area contributed by atoms with Crippen LogP contribution in [0.1, 0.15) is 23.2 Å². The number of rotatable bonds is 4. The minimum atomic E-state index is -2.72. The van der Waals surface area contributed by atoms with E-state index in [4.69, 9.17) is 11.6 Å². The third-order valence-electron chi connectivity index (χ3n) is 2.07. The van der Waals surface area contributed by atoms with Crippen molar-refractivity contribution in [1.29, 1.82) is 0 Å². The monoisotopic (exact) mass is 327 g/mol. The Morgan fingerprint density at radius 3 is 2.76 bits per heavy atom. The molecule has 17 heavy (non-hydrogen) atoms. The van der Waals surface area contributed by atoms with Crippen LogP contribution in [0.2, 0.25) is 0 Å². The van der Waals surface area contributed by atoms with Gasteiger partial charge in [-0.15, -0.1) is 11.6 Å². The Labute approximate surface area is 110 Å². The summed E-state index contributed by atoms with van der Waals surface area (Å²) in [5.41, 5.74) is 0.287. The molecule has 1 aromatic rings. The number of aromatic nitrogens is 1. The third kappa shape index (κ3) is 3.61. The van der Waals surface area contributed by atoms with Crippen LogP contribution in [0.25, 0.3) is 0 Å². The normalized spacial score (nSPS) is 10.7. The van der Waals surface area contributed by atoms with Crippen LogP contribution in [-0.4, -0.2) is 18.1 Å². The number of alkyl halides is 3. The van der Waals surface area contributed by atoms with Crippen molar-refractivity contribution in [3.63, 3.8) is 0 Å². The van der Waals surface area contributed by atoms with E-state index in [2.05, 4.69) is 25.7 Å². The Hall–Kier alpha value is -0.750. The SMILES string of the molecule is COC(=O)Cc1cc(CCl)nc(Br)c1C(F)F. The molecule has 0 aromatic carbocycles. The molecule has 0 saturated heterocycles. The van der Waals surface area contributed by atoms with Gasteiger partial charge in [-0.1, -0.05) is 0 Å². The zero-order valence-corrected chi connectivity index (χ0v) is 11.2. The van der Waals surface area contributed by atoms with Crippen LogP contribution in [0, 0.1) is 0 Å². The van der Waals surface area contributed by atoms with E-state index >= 15 is 0 Å². The van der Waals surface area contributed by atoms with Gasteiger partial charge in [-0.2, -0.15) is 0 Å². The van der Waals surface area contributed by atoms with Crippen LogP contribution < -0.4 is 0 Å². The van der Waals surface area contributed by atoms with E-state index in [0.29, 0.717) is 5.69 Å². The van der Waals surface area contributed by atoms with Crippen molar-refractivity contribution >= 4 is 33.5 Å². The van der Waals surface area contributed by atoms with Gasteiger partial charge in [0.15, 0.2) is 0 Å². The second kappa shape index (κ2) is 6.26. The Bertz CT molecular complexity index is 429. The van der Waals surface area contributed by atoms with Crippen LogP contribution in [-0.2, 0) is 21.8 Å². The summed E-state index contributed by atoms with van der Waals surface area (Å²) >= 11 is 8.54. The van der Waals surface area contributed by atoms with E-state index in [1.54, 1.807) is 0 Å². The van der Waals surface area contributed by atoms with Gasteiger partial charge in [-0.25, -0.2) is 13.8 Å². The molecule has 7 heteroatoms. The summed E-state index contributed by atoms with van der Waals surface area (Å²) in [6.45, 7) is 0. The zero-order chi connectivity index (χ0) is 13.0. The van der Waals surface area contributed by atoms with E-state index in [1.807, 2.05) is 0 Å². The lowest BCUT2D eigenvalue weighted by atomic mass is 10.1. The molecule has 1 rings (SSSR count). The molecule has 0 spiro atoms. The summed E-state index contributed by atoms with van der Waals surface area (Å²) < 4.78 is 30.1. The highest BCUT2D eigenvalue weighted by atomic mass is 79.9. The summed E-state index contributed by atoms with van der Waals surface area (Å²) in [6.07, 6.45) is -2.96. The molecule has 3 nitrogen and oxygen atoms in total. The number of carbonyl (C=O) groups is 1. The van der Waals surface area contributed by atoms with E-state index in [-0.39, 0.29) is 28.0 Å². The van der Waals surface area contributed by atoms with Crippen molar-refractivity contribution in [3.8, 4) is 0 Å². The fourth-order valence-electron chi connectivity index (χ4n) is 1.30. The van der Waals surface area contributed by atoms with Gasteiger partial charge in [0.2, 0.25) is 0 Å². The van der Waals surface area contributed by atoms with Gasteiger partial charge < -0.3 is 4.74 Å². The van der Waals surface area contributed by atoms with E-state index < -0.39 is 12.4 Å². The lowest BCUT2D eigenvalue weighted by molar-refractivity contribution is -0.139. The molecule has 1 aromatic heterocycles. The molecule has 0 aliphatic heterocycles. The lowest BCUT2D eigenvalue weighted by Gasteiger charge is -2.11. The molecule has 94 valence electrons. The Balaban J connectivity index is 3.22. The third-order valence-corrected chi connectivity index (χ3v) is 2.95. The fourth-order valence-corrected chi connectivity index (χ4v) is 2.09. The van der Waals surface area contributed by atoms with Crippen molar-refractivity contribution in [2.24, 2.45) is 0 Å². The topological polar surface area (TPSA) is 39.2 Å². The summed E-state index contributed by atoms with van der Waals surface area (Å²) in [7, 11) is 1.20. The second-order valence-corrected chi connectivity index (χ2v) is 4.18. The largest absolute Gasteiger partial charge is 0.469 e. The number of hydrogen-bond donors (Lipinski definition) is 0. The highest BCUT2D eigenvalue weighted by molar-refractivity contribution is 9.10. The summed E-state index contributed by atoms with van der Waals surface area (Å²) in [5, 5.41) is 0. The Morgan fingerprint density at radius 1 is 1.65 bits per heavy atom. The molecule has 0 aliphatic carbocycles. The van der Waals surface area contributed by atoms with Gasteiger partial charge in [0.05, 0.1) is 30.7 Å². The van der Waals surface area contributed by atoms with Gasteiger partial charge in [0.1, 0.15) is 4.60 Å². The number of ether oxygens (including phenoxy) is 1. The van der Waals surface area contributed by atoms with Crippen LogP contribution in [0.5, 0.6) is 0 Å². The molecule has 0 amide bonds. The second-order valence-electron chi connectivity index (χ2n) is 3.16. The summed E-state index contributed by atoms with van der Waals surface area (Å²) in [4.78, 5) is 15.0. The van der Waals surface area contributed by atoms with Crippen LogP contribution >= 0.6 is 27.5 Å². The Morgan fingerprint density at radius 2 is 2.29 bits per heavy atom. The number of nitrogens with zero attached hydrogens (tertiary/aromatic N) is 1. The van der Waals surface area contributed by atoms with Crippen molar-refractivity contribution in [1.82, 2.24) is 4.98 Å². The van der Waals surface area contributed by atoms with E-state index in [9.17, 15) is 13.6 Å². The number of carbonyl (C=O) groups excluding carboxylic acids is 1. The molecule has 0 unspecified atom stereocenters. The quantitative estimate of drug-likeness (QED) is 0.484. The first kappa shape index (κ1) is 14.3. The molecule has 0 saturated carbocycles. The number of halogens is 4. The first-order valence-corrected chi connectivity index (χ1v) is 5.91. The maximum Gasteiger partial charge on any atom is 0.309 e. The predicted octanol–water partition coefficient (Wildman–Crippen LogP) is 3.24. The van der Waals surface area contributed by atoms with Gasteiger partial charge in [-0.05, 0) is 27.6 Å². The average molecular weight is 329 g/mol. The summed E-state index contributed by atoms with van der Waals surface area (Å²) in [5.74, 6) is -0.512. The standard InChI is InChI=1S/C10H9BrClF2NO2/c1-17-7(16)3-5-2-6(4-12)15-9(11)8(5)10(13)14/h2,10H,3-4H2,1H3. The zero-order valence-electron chi connectivity index (χ0n) is 8.84. The lowest BCUT2D eigenvalue weighted by Crippen LogP contribution is -2.09. The molecule has 0 bridgehead atoms. The smallest absolute Gasteiger partial charge is 0.309 e. The van der Waals surface area contributed by atoms with Gasteiger partial charge in [-0.3, -0.25) is 4.79 Å². The van der Waals surface area contributed by atoms with Crippen molar-refractivity contribution in [2.45, 2.75) is 18.7 Å². The van der Waals surface area contributed by atoms with Crippen LogP contribution in [0.4, 0.5) is 8.78 Å². The average Bonchev–Trinajstić information content (AvgIpc) is 2.27. The minimum absolute atomic E-state index is 0.00422. The van der Waals surface area contributed by atoms with Crippen LogP contribution in [0.3, 0.4) is 0 Å². The highest BCUT2D eigenvalue weighted by Gasteiger charge is 2.21. The van der Waals surface area contributed by atoms with Crippen molar-refractivity contribution in [2.75, 3.05) is 7.11 Å². The molecule has 0 aliphatic rings. The molecule has 0 radical (unpaired) electrons. The molecular formula is C10H9BrClF2NO2. The molecule has 0 fully saturated rings. The first-order valence-electron chi connectivity index (χ1n) is 4.58. The number of esters is 1. The number of methoxy groups -OCH3 is 1. The maximum atomic E-state index is 12.8. The van der Waals surface area contributed by atoms with E-state index in [1.165, 1.54) is 13.2 Å². The molecular weight excluding hydrogens is 319 g/mol. The number of pyridine rings is 1. The van der Waals surface area contributed by atoms with Crippen LogP contribution in [0.15, 0.2) is 10.7 Å². The Kier molecular flexibility index (Phi) is 5.27. The molecule has 0 N–H and O–H groups in total. The van der Waals surface area contributed by atoms with Gasteiger partial charge in [0, 0.05) is 0 Å². The number of hydrogen-bond acceptors (Lipinski definition) is 3. The minimum Gasteiger partial charge on any atom is -0.469 e. The van der Waals surface area contributed by atoms with Gasteiger partial charge >= 0.3 is 5.97 Å².